The van der Waals surface area contributed by atoms with E-state index < -0.39 is 0 Å². The van der Waals surface area contributed by atoms with Crippen LogP contribution < -0.4 is 5.32 Å². The molecule has 0 aromatic carbocycles. The van der Waals surface area contributed by atoms with Crippen LogP contribution in [0.3, 0.4) is 0 Å². The second kappa shape index (κ2) is 7.31. The summed E-state index contributed by atoms with van der Waals surface area (Å²) in [7, 11) is 0. The van der Waals surface area contributed by atoms with Crippen molar-refractivity contribution in [3.05, 3.63) is 0 Å². The maximum Gasteiger partial charge on any atom is 0.220 e. The van der Waals surface area contributed by atoms with Crippen LogP contribution in [0.25, 0.3) is 0 Å². The Labute approximate surface area is 108 Å². The minimum absolute atomic E-state index is 0.245. The van der Waals surface area contributed by atoms with Gasteiger partial charge < -0.3 is 5.32 Å². The molecular formula is C13H24BrNO. The van der Waals surface area contributed by atoms with Gasteiger partial charge in [0.2, 0.25) is 5.91 Å². The normalized spacial score (nSPS) is 29.3. The molecule has 0 radical (unpaired) electrons. The third kappa shape index (κ3) is 4.08. The summed E-state index contributed by atoms with van der Waals surface area (Å²) in [5.41, 5.74) is 0. The smallest absolute Gasteiger partial charge is 0.220 e. The van der Waals surface area contributed by atoms with Gasteiger partial charge in [-0.05, 0) is 37.5 Å². The number of amides is 1. The molecule has 0 aliphatic heterocycles. The Morgan fingerprint density at radius 2 is 2.12 bits per heavy atom. The van der Waals surface area contributed by atoms with Crippen LogP contribution in [0.2, 0.25) is 0 Å². The van der Waals surface area contributed by atoms with Gasteiger partial charge in [0, 0.05) is 17.8 Å². The van der Waals surface area contributed by atoms with Gasteiger partial charge in [0.25, 0.3) is 0 Å². The van der Waals surface area contributed by atoms with E-state index in [4.69, 9.17) is 0 Å². The van der Waals surface area contributed by atoms with E-state index in [-0.39, 0.29) is 5.91 Å². The number of halogens is 1. The molecule has 3 atom stereocenters. The van der Waals surface area contributed by atoms with Crippen LogP contribution in [0.15, 0.2) is 0 Å². The fourth-order valence-electron chi connectivity index (χ4n) is 2.69. The molecule has 16 heavy (non-hydrogen) atoms. The van der Waals surface area contributed by atoms with Gasteiger partial charge in [-0.25, -0.2) is 0 Å². The van der Waals surface area contributed by atoms with Crippen molar-refractivity contribution in [2.24, 2.45) is 11.8 Å². The van der Waals surface area contributed by atoms with Crippen molar-refractivity contribution in [2.45, 2.75) is 58.4 Å². The van der Waals surface area contributed by atoms with Gasteiger partial charge in [-0.1, -0.05) is 36.2 Å². The SMILES string of the molecule is CCC1CCC(NC(=O)CCCCBr)C1C. The fraction of sp³-hybridized carbons (Fsp3) is 0.923. The quantitative estimate of drug-likeness (QED) is 0.589. The molecular weight excluding hydrogens is 266 g/mol. The van der Waals surface area contributed by atoms with Crippen molar-refractivity contribution in [3.63, 3.8) is 0 Å². The standard InChI is InChI=1S/C13H24BrNO/c1-3-11-7-8-12(10(11)2)15-13(16)6-4-5-9-14/h10-12H,3-9H2,1-2H3,(H,15,16). The third-order valence-electron chi connectivity index (χ3n) is 3.88. The number of unbranched alkanes of at least 4 members (excludes halogenated alkanes) is 1. The van der Waals surface area contributed by atoms with Gasteiger partial charge in [0.05, 0.1) is 0 Å². The Kier molecular flexibility index (Phi) is 6.40. The fourth-order valence-corrected chi connectivity index (χ4v) is 3.08. The third-order valence-corrected chi connectivity index (χ3v) is 4.45. The predicted octanol–water partition coefficient (Wildman–Crippen LogP) is 3.49. The molecule has 94 valence electrons. The number of rotatable bonds is 6. The molecule has 0 bridgehead atoms. The highest BCUT2D eigenvalue weighted by Gasteiger charge is 2.32. The van der Waals surface area contributed by atoms with Crippen molar-refractivity contribution in [1.82, 2.24) is 5.32 Å². The van der Waals surface area contributed by atoms with Crippen LogP contribution in [0.5, 0.6) is 0 Å². The lowest BCUT2D eigenvalue weighted by Gasteiger charge is -2.20. The zero-order chi connectivity index (χ0) is 12.0. The number of alkyl halides is 1. The molecule has 0 spiro atoms. The van der Waals surface area contributed by atoms with E-state index in [2.05, 4.69) is 35.1 Å². The first kappa shape index (κ1) is 14.0. The molecule has 1 aliphatic carbocycles. The van der Waals surface area contributed by atoms with Crippen LogP contribution in [0, 0.1) is 11.8 Å². The lowest BCUT2D eigenvalue weighted by molar-refractivity contribution is -0.122. The summed E-state index contributed by atoms with van der Waals surface area (Å²) in [5, 5.41) is 4.20. The van der Waals surface area contributed by atoms with Gasteiger partial charge in [0.1, 0.15) is 0 Å². The van der Waals surface area contributed by atoms with Crippen LogP contribution in [-0.4, -0.2) is 17.3 Å². The summed E-state index contributed by atoms with van der Waals surface area (Å²) in [4.78, 5) is 11.7. The first-order valence-electron chi connectivity index (χ1n) is 6.54. The van der Waals surface area contributed by atoms with Crippen LogP contribution in [-0.2, 0) is 4.79 Å². The van der Waals surface area contributed by atoms with Gasteiger partial charge in [0.15, 0.2) is 0 Å². The van der Waals surface area contributed by atoms with Gasteiger partial charge in [-0.2, -0.15) is 0 Å². The van der Waals surface area contributed by atoms with E-state index in [1.165, 1.54) is 19.3 Å². The van der Waals surface area contributed by atoms with E-state index in [0.717, 1.165) is 24.1 Å². The molecule has 3 unspecified atom stereocenters. The Balaban J connectivity index is 2.24. The summed E-state index contributed by atoms with van der Waals surface area (Å²) >= 11 is 3.38. The van der Waals surface area contributed by atoms with E-state index in [0.29, 0.717) is 18.4 Å². The maximum atomic E-state index is 11.7. The minimum atomic E-state index is 0.245. The molecule has 1 saturated carbocycles. The van der Waals surface area contributed by atoms with Crippen molar-refractivity contribution in [1.29, 1.82) is 0 Å². The van der Waals surface area contributed by atoms with Crippen molar-refractivity contribution < 1.29 is 4.79 Å². The average Bonchev–Trinajstić information content (AvgIpc) is 2.60. The van der Waals surface area contributed by atoms with E-state index in [1.807, 2.05) is 0 Å². The van der Waals surface area contributed by atoms with Gasteiger partial charge in [-0.15, -0.1) is 0 Å². The zero-order valence-corrected chi connectivity index (χ0v) is 12.1. The molecule has 3 heteroatoms. The van der Waals surface area contributed by atoms with E-state index >= 15 is 0 Å². The average molecular weight is 290 g/mol. The number of nitrogens with one attached hydrogen (secondary N) is 1. The van der Waals surface area contributed by atoms with Gasteiger partial charge in [-0.3, -0.25) is 4.79 Å². The van der Waals surface area contributed by atoms with Crippen LogP contribution >= 0.6 is 15.9 Å². The molecule has 1 aliphatic rings. The largest absolute Gasteiger partial charge is 0.353 e. The molecule has 1 N–H and O–H groups in total. The Morgan fingerprint density at radius 1 is 1.38 bits per heavy atom. The summed E-state index contributed by atoms with van der Waals surface area (Å²) < 4.78 is 0. The summed E-state index contributed by atoms with van der Waals surface area (Å²) in [5.74, 6) is 1.72. The highest BCUT2D eigenvalue weighted by Crippen LogP contribution is 2.33. The number of carbonyl (C=O) groups is 1. The van der Waals surface area contributed by atoms with Crippen molar-refractivity contribution >= 4 is 21.8 Å². The number of hydrogen-bond acceptors (Lipinski definition) is 1. The highest BCUT2D eigenvalue weighted by atomic mass is 79.9. The second-order valence-corrected chi connectivity index (χ2v) is 5.72. The van der Waals surface area contributed by atoms with Crippen LogP contribution in [0.1, 0.15) is 52.4 Å². The topological polar surface area (TPSA) is 29.1 Å². The lowest BCUT2D eigenvalue weighted by Crippen LogP contribution is -2.37. The monoisotopic (exact) mass is 289 g/mol. The van der Waals surface area contributed by atoms with E-state index in [9.17, 15) is 4.79 Å². The Bertz CT molecular complexity index is 220. The first-order chi connectivity index (χ1) is 7.69. The van der Waals surface area contributed by atoms with Crippen molar-refractivity contribution in [3.8, 4) is 0 Å². The molecule has 0 heterocycles. The summed E-state index contributed by atoms with van der Waals surface area (Å²) in [6.07, 6.45) is 6.47. The summed E-state index contributed by atoms with van der Waals surface area (Å²) in [6, 6.07) is 0.432. The van der Waals surface area contributed by atoms with Crippen molar-refractivity contribution in [2.75, 3.05) is 5.33 Å². The number of carbonyl (C=O) groups excluding carboxylic acids is 1. The second-order valence-electron chi connectivity index (χ2n) is 4.92. The molecule has 0 aromatic rings. The van der Waals surface area contributed by atoms with Gasteiger partial charge >= 0.3 is 0 Å². The molecule has 0 saturated heterocycles. The predicted molar refractivity (Wildman–Crippen MR) is 71.8 cm³/mol. The lowest BCUT2D eigenvalue weighted by atomic mass is 9.93. The Morgan fingerprint density at radius 3 is 2.69 bits per heavy atom. The highest BCUT2D eigenvalue weighted by molar-refractivity contribution is 9.09. The first-order valence-corrected chi connectivity index (χ1v) is 7.66. The minimum Gasteiger partial charge on any atom is -0.353 e. The zero-order valence-electron chi connectivity index (χ0n) is 10.5. The molecule has 1 amide bonds. The summed E-state index contributed by atoms with van der Waals surface area (Å²) in [6.45, 7) is 4.53. The Hall–Kier alpha value is -0.0500. The van der Waals surface area contributed by atoms with Crippen LogP contribution in [0.4, 0.5) is 0 Å². The molecule has 1 rings (SSSR count). The maximum absolute atomic E-state index is 11.7. The molecule has 0 aromatic heterocycles. The van der Waals surface area contributed by atoms with E-state index in [1.54, 1.807) is 0 Å². The molecule has 2 nitrogen and oxygen atoms in total. The molecule has 1 fully saturated rings. The number of hydrogen-bond donors (Lipinski definition) is 1.